The SMILES string of the molecule is O=C1[C@@H]2C(Cc3c[nH]c4ccccc34)NC3(C(=O)Nc4c(Cl)cccc43)[C@@H]2C(=O)N1c1ccc2c(c1)OCCO2. The Morgan fingerprint density at radius 3 is 2.65 bits per heavy atom. The van der Waals surface area contributed by atoms with Crippen molar-refractivity contribution in [3.63, 3.8) is 0 Å². The van der Waals surface area contributed by atoms with E-state index in [-0.39, 0.29) is 5.91 Å². The highest BCUT2D eigenvalue weighted by atomic mass is 35.5. The number of H-pyrrole nitrogens is 1. The smallest absolute Gasteiger partial charge is 0.250 e. The zero-order valence-electron chi connectivity index (χ0n) is 21.1. The van der Waals surface area contributed by atoms with Crippen molar-refractivity contribution >= 4 is 51.6 Å². The van der Waals surface area contributed by atoms with Gasteiger partial charge in [-0.15, -0.1) is 0 Å². The molecule has 4 aromatic rings. The number of ether oxygens (including phenoxy) is 2. The molecule has 9 nitrogen and oxygen atoms in total. The molecule has 200 valence electrons. The number of hydrogen-bond acceptors (Lipinski definition) is 6. The van der Waals surface area contributed by atoms with Gasteiger partial charge in [0.15, 0.2) is 11.5 Å². The normalized spacial score (nSPS) is 26.5. The lowest BCUT2D eigenvalue weighted by Gasteiger charge is -2.30. The second-order valence-electron chi connectivity index (χ2n) is 10.6. The van der Waals surface area contributed by atoms with E-state index in [9.17, 15) is 14.4 Å². The number of carbonyl (C=O) groups is 3. The van der Waals surface area contributed by atoms with E-state index in [0.717, 1.165) is 16.5 Å². The number of nitrogens with zero attached hydrogens (tertiary/aromatic N) is 1. The molecule has 3 aromatic carbocycles. The number of benzene rings is 3. The molecular weight excluding hydrogens is 532 g/mol. The topological polar surface area (TPSA) is 113 Å². The molecule has 0 radical (unpaired) electrons. The van der Waals surface area contributed by atoms with Gasteiger partial charge in [0.1, 0.15) is 18.8 Å². The van der Waals surface area contributed by atoms with Crippen LogP contribution in [0.4, 0.5) is 11.4 Å². The number of nitrogens with one attached hydrogen (secondary N) is 3. The first-order chi connectivity index (χ1) is 19.5. The van der Waals surface area contributed by atoms with Gasteiger partial charge in [-0.25, -0.2) is 4.90 Å². The van der Waals surface area contributed by atoms with Gasteiger partial charge in [-0.3, -0.25) is 19.7 Å². The predicted molar refractivity (Wildman–Crippen MR) is 148 cm³/mol. The van der Waals surface area contributed by atoms with Crippen LogP contribution < -0.4 is 25.0 Å². The zero-order valence-corrected chi connectivity index (χ0v) is 21.8. The Kier molecular flexibility index (Phi) is 4.90. The Morgan fingerprint density at radius 2 is 1.77 bits per heavy atom. The van der Waals surface area contributed by atoms with Crippen LogP contribution in [0.15, 0.2) is 66.9 Å². The minimum atomic E-state index is -1.45. The lowest BCUT2D eigenvalue weighted by molar-refractivity contribution is -0.130. The molecule has 8 rings (SSSR count). The van der Waals surface area contributed by atoms with E-state index in [4.69, 9.17) is 21.1 Å². The summed E-state index contributed by atoms with van der Waals surface area (Å²) in [6, 6.07) is 17.7. The molecule has 10 heteroatoms. The first kappa shape index (κ1) is 23.5. The van der Waals surface area contributed by atoms with Gasteiger partial charge in [0.2, 0.25) is 17.7 Å². The second-order valence-corrected chi connectivity index (χ2v) is 11.0. The van der Waals surface area contributed by atoms with Gasteiger partial charge in [-0.1, -0.05) is 41.9 Å². The lowest BCUT2D eigenvalue weighted by atomic mass is 9.76. The van der Waals surface area contributed by atoms with Crippen molar-refractivity contribution < 1.29 is 23.9 Å². The highest BCUT2D eigenvalue weighted by Gasteiger charge is 2.70. The van der Waals surface area contributed by atoms with Crippen molar-refractivity contribution in [2.45, 2.75) is 18.0 Å². The largest absolute Gasteiger partial charge is 0.486 e. The summed E-state index contributed by atoms with van der Waals surface area (Å²) in [5.41, 5.74) is 1.95. The van der Waals surface area contributed by atoms with Crippen LogP contribution in [-0.4, -0.2) is 42.0 Å². The van der Waals surface area contributed by atoms with Crippen molar-refractivity contribution in [2.24, 2.45) is 11.8 Å². The number of hydrogen-bond donors (Lipinski definition) is 3. The highest BCUT2D eigenvalue weighted by molar-refractivity contribution is 6.35. The van der Waals surface area contributed by atoms with Crippen molar-refractivity contribution in [1.82, 2.24) is 10.3 Å². The van der Waals surface area contributed by atoms with E-state index >= 15 is 0 Å². The molecule has 5 heterocycles. The maximum Gasteiger partial charge on any atom is 0.250 e. The molecule has 0 bridgehead atoms. The molecule has 4 aliphatic heterocycles. The number of fused-ring (bicyclic) bond motifs is 6. The molecule has 1 aromatic heterocycles. The zero-order chi connectivity index (χ0) is 27.2. The van der Waals surface area contributed by atoms with Crippen LogP contribution in [-0.2, 0) is 26.3 Å². The van der Waals surface area contributed by atoms with E-state index in [1.54, 1.807) is 36.4 Å². The minimum Gasteiger partial charge on any atom is -0.486 e. The molecule has 1 spiro atoms. The molecule has 4 aliphatic rings. The van der Waals surface area contributed by atoms with Crippen molar-refractivity contribution in [2.75, 3.05) is 23.4 Å². The summed E-state index contributed by atoms with van der Waals surface area (Å²) in [6.45, 7) is 0.805. The monoisotopic (exact) mass is 554 g/mol. The number of carbonyl (C=O) groups excluding carboxylic acids is 3. The Hall–Kier alpha value is -4.34. The molecule has 4 atom stereocenters. The summed E-state index contributed by atoms with van der Waals surface area (Å²) < 4.78 is 11.4. The number of amides is 3. The predicted octanol–water partition coefficient (Wildman–Crippen LogP) is 3.76. The van der Waals surface area contributed by atoms with Gasteiger partial charge < -0.3 is 19.8 Å². The van der Waals surface area contributed by atoms with Gasteiger partial charge in [0.05, 0.1) is 28.2 Å². The van der Waals surface area contributed by atoms with Crippen LogP contribution in [0.5, 0.6) is 11.5 Å². The summed E-state index contributed by atoms with van der Waals surface area (Å²) in [6.07, 6.45) is 2.36. The molecule has 40 heavy (non-hydrogen) atoms. The molecule has 0 saturated carbocycles. The first-order valence-corrected chi connectivity index (χ1v) is 13.6. The van der Waals surface area contributed by atoms with E-state index in [2.05, 4.69) is 15.6 Å². The van der Waals surface area contributed by atoms with Crippen molar-refractivity contribution in [1.29, 1.82) is 0 Å². The molecule has 0 aliphatic carbocycles. The summed E-state index contributed by atoms with van der Waals surface area (Å²) in [4.78, 5) is 46.9. The maximum atomic E-state index is 14.3. The standard InChI is InChI=1S/C30H23ClN4O5/c31-19-6-3-5-18-26(19)33-29(38)30(18)25-24(21(34-30)12-15-14-32-20-7-2-1-4-17(15)20)27(36)35(28(25)37)16-8-9-22-23(13-16)40-11-10-39-22/h1-9,13-14,21,24-25,32,34H,10-12H2,(H,33,38)/t21?,24-,25+,30?/m1/s1. The summed E-state index contributed by atoms with van der Waals surface area (Å²) in [5.74, 6) is -1.91. The average Bonchev–Trinajstić information content (AvgIpc) is 3.68. The van der Waals surface area contributed by atoms with Crippen LogP contribution in [0.2, 0.25) is 5.02 Å². The quantitative estimate of drug-likeness (QED) is 0.332. The van der Waals surface area contributed by atoms with E-state index in [1.165, 1.54) is 4.90 Å². The van der Waals surface area contributed by atoms with Crippen LogP contribution in [0.3, 0.4) is 0 Å². The molecule has 2 unspecified atom stereocenters. The first-order valence-electron chi connectivity index (χ1n) is 13.2. The van der Waals surface area contributed by atoms with Crippen LogP contribution in [0.1, 0.15) is 11.1 Å². The van der Waals surface area contributed by atoms with Gasteiger partial charge in [-0.05, 0) is 36.2 Å². The van der Waals surface area contributed by atoms with Crippen LogP contribution >= 0.6 is 11.6 Å². The van der Waals surface area contributed by atoms with Crippen molar-refractivity contribution in [3.8, 4) is 11.5 Å². The van der Waals surface area contributed by atoms with E-state index in [1.807, 2.05) is 30.5 Å². The fourth-order valence-electron chi connectivity index (χ4n) is 6.93. The van der Waals surface area contributed by atoms with Gasteiger partial charge in [0, 0.05) is 34.8 Å². The number of para-hydroxylation sites is 2. The number of aromatic amines is 1. The molecule has 3 N–H and O–H groups in total. The molecule has 2 saturated heterocycles. The van der Waals surface area contributed by atoms with E-state index in [0.29, 0.717) is 53.1 Å². The van der Waals surface area contributed by atoms with Crippen LogP contribution in [0, 0.1) is 11.8 Å². The van der Waals surface area contributed by atoms with Crippen LogP contribution in [0.25, 0.3) is 10.9 Å². The number of imide groups is 1. The second kappa shape index (κ2) is 8.33. The molecular formula is C30H23ClN4O5. The fourth-order valence-corrected chi connectivity index (χ4v) is 7.15. The highest BCUT2D eigenvalue weighted by Crippen LogP contribution is 2.55. The minimum absolute atomic E-state index is 0.357. The molecule has 2 fully saturated rings. The Bertz CT molecular complexity index is 1770. The fraction of sp³-hybridized carbons (Fsp3) is 0.233. The lowest BCUT2D eigenvalue weighted by Crippen LogP contribution is -2.53. The van der Waals surface area contributed by atoms with Crippen molar-refractivity contribution in [3.05, 3.63) is 83.0 Å². The van der Waals surface area contributed by atoms with Gasteiger partial charge in [-0.2, -0.15) is 0 Å². The summed E-state index contributed by atoms with van der Waals surface area (Å²) in [7, 11) is 0. The maximum absolute atomic E-state index is 14.3. The summed E-state index contributed by atoms with van der Waals surface area (Å²) in [5, 5.41) is 7.79. The number of anilines is 2. The average molecular weight is 555 g/mol. The number of rotatable bonds is 3. The summed E-state index contributed by atoms with van der Waals surface area (Å²) >= 11 is 6.48. The third kappa shape index (κ3) is 3.04. The Labute approximate surface area is 233 Å². The van der Waals surface area contributed by atoms with Gasteiger partial charge in [0.25, 0.3) is 0 Å². The Morgan fingerprint density at radius 1 is 0.950 bits per heavy atom. The third-order valence-electron chi connectivity index (χ3n) is 8.60. The molecule has 3 amide bonds. The Balaban J connectivity index is 1.27. The third-order valence-corrected chi connectivity index (χ3v) is 8.91. The number of halogens is 1. The number of aromatic nitrogens is 1. The van der Waals surface area contributed by atoms with Gasteiger partial charge >= 0.3 is 0 Å². The van der Waals surface area contributed by atoms with E-state index < -0.39 is 35.2 Å².